The number of anilines is 1. The average molecular weight is 408 g/mol. The minimum absolute atomic E-state index is 0.119. The van der Waals surface area contributed by atoms with Crippen LogP contribution in [-0.2, 0) is 16.1 Å². The molecule has 2 aromatic carbocycles. The molecule has 0 radical (unpaired) electrons. The van der Waals surface area contributed by atoms with Crippen molar-refractivity contribution < 1.29 is 19.1 Å². The van der Waals surface area contributed by atoms with E-state index in [0.717, 1.165) is 17.7 Å². The van der Waals surface area contributed by atoms with Crippen LogP contribution in [0.1, 0.15) is 31.2 Å². The Bertz CT molecular complexity index is 882. The molecule has 6 nitrogen and oxygen atoms in total. The fourth-order valence-corrected chi connectivity index (χ4v) is 3.73. The van der Waals surface area contributed by atoms with Crippen LogP contribution >= 0.6 is 0 Å². The van der Waals surface area contributed by atoms with Gasteiger partial charge in [0.1, 0.15) is 18.4 Å². The number of para-hydroxylation sites is 2. The molecule has 158 valence electrons. The smallest absolute Gasteiger partial charge is 0.410 e. The van der Waals surface area contributed by atoms with Gasteiger partial charge in [-0.15, -0.1) is 0 Å². The molecule has 0 unspecified atom stereocenters. The second-order valence-electron chi connectivity index (χ2n) is 8.01. The summed E-state index contributed by atoms with van der Waals surface area (Å²) in [5, 5.41) is 0. The molecule has 0 bridgehead atoms. The fourth-order valence-electron chi connectivity index (χ4n) is 3.73. The van der Waals surface area contributed by atoms with Crippen LogP contribution in [0.3, 0.4) is 0 Å². The highest BCUT2D eigenvalue weighted by Gasteiger charge is 2.37. The molecule has 2 aromatic rings. The van der Waals surface area contributed by atoms with Crippen molar-refractivity contribution in [3.63, 3.8) is 0 Å². The quantitative estimate of drug-likeness (QED) is 0.688. The summed E-state index contributed by atoms with van der Waals surface area (Å²) in [6, 6.07) is 16.6. The van der Waals surface area contributed by atoms with Crippen molar-refractivity contribution in [1.82, 2.24) is 4.90 Å². The maximum Gasteiger partial charge on any atom is 0.410 e. The lowest BCUT2D eigenvalue weighted by Gasteiger charge is -2.28. The van der Waals surface area contributed by atoms with Crippen molar-refractivity contribution in [3.05, 3.63) is 60.2 Å². The number of nitrogens with zero attached hydrogens (tertiary/aromatic N) is 2. The van der Waals surface area contributed by atoms with E-state index in [-0.39, 0.29) is 12.5 Å². The largest absolute Gasteiger partial charge is 0.491 e. The number of rotatable bonds is 7. The van der Waals surface area contributed by atoms with Gasteiger partial charge in [0.25, 0.3) is 0 Å². The van der Waals surface area contributed by atoms with Crippen LogP contribution in [0.5, 0.6) is 5.75 Å². The van der Waals surface area contributed by atoms with E-state index in [1.54, 1.807) is 16.8 Å². The number of ether oxygens (including phenoxy) is 2. The Morgan fingerprint density at radius 3 is 2.53 bits per heavy atom. The third-order valence-electron chi connectivity index (χ3n) is 5.71. The second-order valence-corrected chi connectivity index (χ2v) is 8.01. The Morgan fingerprint density at radius 1 is 1.03 bits per heavy atom. The summed E-state index contributed by atoms with van der Waals surface area (Å²) in [5.74, 6) is 1.21. The van der Waals surface area contributed by atoms with Crippen molar-refractivity contribution in [2.24, 2.45) is 5.92 Å². The number of carbonyl (C=O) groups excluding carboxylic acids is 2. The predicted octanol–water partition coefficient (Wildman–Crippen LogP) is 4.24. The molecule has 2 amide bonds. The van der Waals surface area contributed by atoms with E-state index in [9.17, 15) is 9.59 Å². The highest BCUT2D eigenvalue weighted by atomic mass is 16.6. The number of hydrogen-bond acceptors (Lipinski definition) is 4. The Morgan fingerprint density at radius 2 is 1.77 bits per heavy atom. The Labute approximate surface area is 177 Å². The van der Waals surface area contributed by atoms with Gasteiger partial charge in [0.2, 0.25) is 5.91 Å². The summed E-state index contributed by atoms with van der Waals surface area (Å²) in [7, 11) is 1.74. The van der Waals surface area contributed by atoms with Gasteiger partial charge in [-0.25, -0.2) is 4.79 Å². The van der Waals surface area contributed by atoms with Crippen molar-refractivity contribution in [1.29, 1.82) is 0 Å². The van der Waals surface area contributed by atoms with Crippen molar-refractivity contribution >= 4 is 17.7 Å². The molecule has 2 fully saturated rings. The first kappa shape index (κ1) is 20.3. The molecular formula is C24H28N2O4. The molecule has 0 spiro atoms. The molecule has 1 aliphatic carbocycles. The minimum Gasteiger partial charge on any atom is -0.491 e. The summed E-state index contributed by atoms with van der Waals surface area (Å²) in [6.45, 7) is 1.41. The molecule has 6 heteroatoms. The van der Waals surface area contributed by atoms with E-state index in [4.69, 9.17) is 9.47 Å². The number of likely N-dealkylation sites (N-methyl/N-ethyl adjacent to an activating group) is 1. The van der Waals surface area contributed by atoms with Crippen LogP contribution < -0.4 is 9.64 Å². The molecule has 1 aliphatic heterocycles. The molecule has 0 aromatic heterocycles. The molecule has 2 aliphatic rings. The molecular weight excluding hydrogens is 380 g/mol. The van der Waals surface area contributed by atoms with Crippen LogP contribution in [0.25, 0.3) is 0 Å². The van der Waals surface area contributed by atoms with Gasteiger partial charge in [0.05, 0.1) is 12.3 Å². The third kappa shape index (κ3) is 4.75. The number of hydrogen-bond donors (Lipinski definition) is 0. The van der Waals surface area contributed by atoms with Crippen LogP contribution in [0.2, 0.25) is 0 Å². The molecule has 0 N–H and O–H groups in total. The zero-order chi connectivity index (χ0) is 20.9. The summed E-state index contributed by atoms with van der Waals surface area (Å²) in [5.41, 5.74) is 1.65. The molecule has 4 rings (SSSR count). The summed E-state index contributed by atoms with van der Waals surface area (Å²) in [6.07, 6.45) is 3.39. The van der Waals surface area contributed by atoms with Crippen molar-refractivity contribution in [2.75, 3.05) is 25.1 Å². The zero-order valence-corrected chi connectivity index (χ0v) is 17.3. The molecule has 1 atom stereocenters. The average Bonchev–Trinajstić information content (AvgIpc) is 3.49. The van der Waals surface area contributed by atoms with Gasteiger partial charge >= 0.3 is 6.09 Å². The van der Waals surface area contributed by atoms with Crippen molar-refractivity contribution in [3.8, 4) is 5.75 Å². The van der Waals surface area contributed by atoms with Gasteiger partial charge in [0, 0.05) is 13.6 Å². The van der Waals surface area contributed by atoms with Gasteiger partial charge in [-0.05, 0) is 49.3 Å². The molecule has 1 saturated carbocycles. The summed E-state index contributed by atoms with van der Waals surface area (Å²) < 4.78 is 11.4. The topological polar surface area (TPSA) is 59.1 Å². The number of benzene rings is 2. The van der Waals surface area contributed by atoms with Crippen LogP contribution in [0, 0.1) is 5.92 Å². The molecule has 1 saturated heterocycles. The van der Waals surface area contributed by atoms with Gasteiger partial charge in [0.15, 0.2) is 0 Å². The SMILES string of the molecule is CN(C(=O)[C@@H]1CCCN1C(=O)OCc1ccccc1)c1ccccc1OCC1CC1. The first-order chi connectivity index (χ1) is 14.6. The Balaban J connectivity index is 1.41. The van der Waals surface area contributed by atoms with Gasteiger partial charge in [-0.3, -0.25) is 9.69 Å². The lowest BCUT2D eigenvalue weighted by Crippen LogP contribution is -2.47. The molecule has 30 heavy (non-hydrogen) atoms. The van der Waals surface area contributed by atoms with Gasteiger partial charge in [-0.1, -0.05) is 42.5 Å². The third-order valence-corrected chi connectivity index (χ3v) is 5.71. The van der Waals surface area contributed by atoms with Gasteiger partial charge in [-0.2, -0.15) is 0 Å². The fraction of sp³-hybridized carbons (Fsp3) is 0.417. The van der Waals surface area contributed by atoms with Gasteiger partial charge < -0.3 is 14.4 Å². The monoisotopic (exact) mass is 408 g/mol. The van der Waals surface area contributed by atoms with E-state index in [1.807, 2.05) is 54.6 Å². The van der Waals surface area contributed by atoms with E-state index < -0.39 is 12.1 Å². The Kier molecular flexibility index (Phi) is 6.21. The maximum absolute atomic E-state index is 13.3. The zero-order valence-electron chi connectivity index (χ0n) is 17.3. The number of amides is 2. The molecule has 1 heterocycles. The van der Waals surface area contributed by atoms with E-state index >= 15 is 0 Å². The van der Waals surface area contributed by atoms with Crippen LogP contribution in [0.15, 0.2) is 54.6 Å². The lowest BCUT2D eigenvalue weighted by atomic mass is 10.1. The highest BCUT2D eigenvalue weighted by Crippen LogP contribution is 2.33. The van der Waals surface area contributed by atoms with E-state index in [2.05, 4.69) is 0 Å². The predicted molar refractivity (Wildman–Crippen MR) is 114 cm³/mol. The van der Waals surface area contributed by atoms with Crippen LogP contribution in [-0.4, -0.2) is 43.1 Å². The second kappa shape index (κ2) is 9.20. The van der Waals surface area contributed by atoms with E-state index in [0.29, 0.717) is 31.2 Å². The maximum atomic E-state index is 13.3. The lowest BCUT2D eigenvalue weighted by molar-refractivity contribution is -0.122. The first-order valence-electron chi connectivity index (χ1n) is 10.6. The van der Waals surface area contributed by atoms with Crippen LogP contribution in [0.4, 0.5) is 10.5 Å². The number of carbonyl (C=O) groups is 2. The highest BCUT2D eigenvalue weighted by molar-refractivity contribution is 5.99. The van der Waals surface area contributed by atoms with E-state index in [1.165, 1.54) is 12.8 Å². The van der Waals surface area contributed by atoms with Crippen molar-refractivity contribution in [2.45, 2.75) is 38.3 Å². The normalized spacial score (nSPS) is 18.2. The first-order valence-corrected chi connectivity index (χ1v) is 10.6. The standard InChI is InChI=1S/C24H28N2O4/c1-25(20-10-5-6-12-22(20)29-16-19-13-14-19)23(27)21-11-7-15-26(21)24(28)30-17-18-8-3-2-4-9-18/h2-6,8-10,12,19,21H,7,11,13-17H2,1H3/t21-/m0/s1. The minimum atomic E-state index is -0.519. The number of likely N-dealkylation sites (tertiary alicyclic amines) is 1. The Hall–Kier alpha value is -3.02. The summed E-state index contributed by atoms with van der Waals surface area (Å²) >= 11 is 0. The summed E-state index contributed by atoms with van der Waals surface area (Å²) in [4.78, 5) is 29.1.